The summed E-state index contributed by atoms with van der Waals surface area (Å²) in [6.45, 7) is 1.87. The standard InChI is InChI=1S/C17H16N4O/c1-11-19-10-14-15(20-11)6-3-7-16(14)21-17(22)13-5-2-4-12(8-13)9-18/h2,4-5,8,10,16H,3,6-7H2,1H3,(H,21,22)/t16-/m1/s1. The maximum Gasteiger partial charge on any atom is 0.251 e. The van der Waals surface area contributed by atoms with Gasteiger partial charge in [0.15, 0.2) is 0 Å². The molecule has 0 bridgehead atoms. The number of hydrogen-bond donors (Lipinski definition) is 1. The average Bonchev–Trinajstić information content (AvgIpc) is 2.54. The van der Waals surface area contributed by atoms with Gasteiger partial charge in [0.25, 0.3) is 5.91 Å². The minimum absolute atomic E-state index is 0.0670. The van der Waals surface area contributed by atoms with E-state index in [-0.39, 0.29) is 11.9 Å². The number of carbonyl (C=O) groups is 1. The van der Waals surface area contributed by atoms with E-state index >= 15 is 0 Å². The molecule has 1 aromatic carbocycles. The molecule has 0 aliphatic heterocycles. The molecule has 0 saturated heterocycles. The van der Waals surface area contributed by atoms with E-state index in [2.05, 4.69) is 15.3 Å². The van der Waals surface area contributed by atoms with Crippen molar-refractivity contribution in [1.29, 1.82) is 5.26 Å². The van der Waals surface area contributed by atoms with Crippen LogP contribution in [0.2, 0.25) is 0 Å². The molecule has 1 heterocycles. The van der Waals surface area contributed by atoms with E-state index in [9.17, 15) is 4.79 Å². The van der Waals surface area contributed by atoms with Crippen LogP contribution < -0.4 is 5.32 Å². The first-order chi connectivity index (χ1) is 10.7. The van der Waals surface area contributed by atoms with Gasteiger partial charge in [-0.15, -0.1) is 0 Å². The zero-order valence-corrected chi connectivity index (χ0v) is 12.3. The van der Waals surface area contributed by atoms with E-state index in [0.29, 0.717) is 11.1 Å². The zero-order valence-electron chi connectivity index (χ0n) is 12.3. The summed E-state index contributed by atoms with van der Waals surface area (Å²) in [6, 6.07) is 8.70. The van der Waals surface area contributed by atoms with Crippen LogP contribution in [-0.4, -0.2) is 15.9 Å². The lowest BCUT2D eigenvalue weighted by Gasteiger charge is -2.25. The van der Waals surface area contributed by atoms with Crippen LogP contribution in [-0.2, 0) is 6.42 Å². The lowest BCUT2D eigenvalue weighted by molar-refractivity contribution is 0.0932. The van der Waals surface area contributed by atoms with Gasteiger partial charge >= 0.3 is 0 Å². The Labute approximate surface area is 129 Å². The molecule has 1 aliphatic carbocycles. The SMILES string of the molecule is Cc1ncc2c(n1)CCC[C@H]2NC(=O)c1cccc(C#N)c1. The van der Waals surface area contributed by atoms with E-state index in [1.54, 1.807) is 24.3 Å². The molecular formula is C17H16N4O. The van der Waals surface area contributed by atoms with Gasteiger partial charge in [0.05, 0.1) is 17.7 Å². The second-order valence-electron chi connectivity index (χ2n) is 5.43. The number of aromatic nitrogens is 2. The fourth-order valence-electron chi connectivity index (χ4n) is 2.77. The Morgan fingerprint density at radius 3 is 3.14 bits per heavy atom. The molecule has 5 nitrogen and oxygen atoms in total. The van der Waals surface area contributed by atoms with Crippen molar-refractivity contribution in [3.63, 3.8) is 0 Å². The lowest BCUT2D eigenvalue weighted by atomic mass is 9.92. The van der Waals surface area contributed by atoms with Crippen molar-refractivity contribution in [3.05, 3.63) is 58.7 Å². The highest BCUT2D eigenvalue weighted by atomic mass is 16.1. The smallest absolute Gasteiger partial charge is 0.251 e. The summed E-state index contributed by atoms with van der Waals surface area (Å²) < 4.78 is 0. The fourth-order valence-corrected chi connectivity index (χ4v) is 2.77. The quantitative estimate of drug-likeness (QED) is 0.922. The van der Waals surface area contributed by atoms with E-state index in [0.717, 1.165) is 36.3 Å². The topological polar surface area (TPSA) is 78.7 Å². The molecule has 5 heteroatoms. The molecule has 0 fully saturated rings. The molecule has 1 N–H and O–H groups in total. The summed E-state index contributed by atoms with van der Waals surface area (Å²) in [6.07, 6.45) is 4.61. The third-order valence-electron chi connectivity index (χ3n) is 3.86. The molecule has 22 heavy (non-hydrogen) atoms. The van der Waals surface area contributed by atoms with Crippen LogP contribution in [0, 0.1) is 18.3 Å². The van der Waals surface area contributed by atoms with Crippen molar-refractivity contribution < 1.29 is 4.79 Å². The highest BCUT2D eigenvalue weighted by molar-refractivity contribution is 5.94. The van der Waals surface area contributed by atoms with Gasteiger partial charge in [-0.25, -0.2) is 9.97 Å². The van der Waals surface area contributed by atoms with Crippen LogP contribution >= 0.6 is 0 Å². The molecule has 0 spiro atoms. The summed E-state index contributed by atoms with van der Waals surface area (Å²) in [5.74, 6) is 0.586. The van der Waals surface area contributed by atoms with E-state index in [1.165, 1.54) is 0 Å². The summed E-state index contributed by atoms with van der Waals surface area (Å²) in [7, 11) is 0. The molecule has 2 aromatic rings. The predicted molar refractivity (Wildman–Crippen MR) is 81.1 cm³/mol. The van der Waals surface area contributed by atoms with Crippen molar-refractivity contribution in [2.45, 2.75) is 32.2 Å². The highest BCUT2D eigenvalue weighted by Gasteiger charge is 2.23. The molecule has 0 saturated carbocycles. The average molecular weight is 292 g/mol. The molecule has 110 valence electrons. The molecule has 1 aromatic heterocycles. The van der Waals surface area contributed by atoms with Crippen LogP contribution in [0.5, 0.6) is 0 Å². The van der Waals surface area contributed by atoms with Crippen molar-refractivity contribution >= 4 is 5.91 Å². The lowest BCUT2D eigenvalue weighted by Crippen LogP contribution is -2.31. The first-order valence-corrected chi connectivity index (χ1v) is 7.31. The van der Waals surface area contributed by atoms with Gasteiger partial charge in [-0.05, 0) is 44.4 Å². The number of nitrogens with zero attached hydrogens (tertiary/aromatic N) is 3. The van der Waals surface area contributed by atoms with Crippen molar-refractivity contribution in [2.24, 2.45) is 0 Å². The van der Waals surface area contributed by atoms with Gasteiger partial charge in [0, 0.05) is 23.0 Å². The fraction of sp³-hybridized carbons (Fsp3) is 0.294. The van der Waals surface area contributed by atoms with Crippen LogP contribution in [0.25, 0.3) is 0 Å². The van der Waals surface area contributed by atoms with Gasteiger partial charge in [0.1, 0.15) is 5.82 Å². The summed E-state index contributed by atoms with van der Waals surface area (Å²) in [5.41, 5.74) is 3.01. The molecule has 0 unspecified atom stereocenters. The number of fused-ring (bicyclic) bond motifs is 1. The van der Waals surface area contributed by atoms with Crippen LogP contribution in [0.1, 0.15) is 51.9 Å². The van der Waals surface area contributed by atoms with E-state index < -0.39 is 0 Å². The minimum atomic E-state index is -0.171. The molecule has 1 atom stereocenters. The summed E-state index contributed by atoms with van der Waals surface area (Å²) in [5, 5.41) is 12.0. The predicted octanol–water partition coefficient (Wildman–Crippen LogP) is 2.46. The Hall–Kier alpha value is -2.74. The second kappa shape index (κ2) is 5.94. The molecule has 1 amide bonds. The molecular weight excluding hydrogens is 276 g/mol. The number of amides is 1. The Morgan fingerprint density at radius 1 is 1.45 bits per heavy atom. The normalized spacial score (nSPS) is 16.5. The Balaban J connectivity index is 1.82. The number of rotatable bonds is 2. The molecule has 1 aliphatic rings. The van der Waals surface area contributed by atoms with Gasteiger partial charge in [-0.3, -0.25) is 4.79 Å². The Kier molecular flexibility index (Phi) is 3.84. The number of nitriles is 1. The van der Waals surface area contributed by atoms with Crippen molar-refractivity contribution in [2.75, 3.05) is 0 Å². The van der Waals surface area contributed by atoms with Gasteiger partial charge < -0.3 is 5.32 Å². The third kappa shape index (κ3) is 2.82. The molecule has 0 radical (unpaired) electrons. The van der Waals surface area contributed by atoms with E-state index in [4.69, 9.17) is 5.26 Å². The maximum atomic E-state index is 12.4. The number of hydrogen-bond acceptors (Lipinski definition) is 4. The van der Waals surface area contributed by atoms with Crippen LogP contribution in [0.3, 0.4) is 0 Å². The molecule has 3 rings (SSSR count). The summed E-state index contributed by atoms with van der Waals surface area (Å²) >= 11 is 0. The Morgan fingerprint density at radius 2 is 2.32 bits per heavy atom. The Bertz CT molecular complexity index is 763. The number of aryl methyl sites for hydroxylation is 2. The van der Waals surface area contributed by atoms with Crippen molar-refractivity contribution in [1.82, 2.24) is 15.3 Å². The number of carbonyl (C=O) groups excluding carboxylic acids is 1. The van der Waals surface area contributed by atoms with Gasteiger partial charge in [-0.2, -0.15) is 5.26 Å². The zero-order chi connectivity index (χ0) is 15.5. The van der Waals surface area contributed by atoms with Crippen LogP contribution in [0.15, 0.2) is 30.5 Å². The number of nitrogens with one attached hydrogen (secondary N) is 1. The summed E-state index contributed by atoms with van der Waals surface area (Å²) in [4.78, 5) is 21.1. The van der Waals surface area contributed by atoms with Crippen LogP contribution in [0.4, 0.5) is 0 Å². The first-order valence-electron chi connectivity index (χ1n) is 7.31. The van der Waals surface area contributed by atoms with Gasteiger partial charge in [0.2, 0.25) is 0 Å². The maximum absolute atomic E-state index is 12.4. The first kappa shape index (κ1) is 14.2. The largest absolute Gasteiger partial charge is 0.345 e. The second-order valence-corrected chi connectivity index (χ2v) is 5.43. The number of benzene rings is 1. The minimum Gasteiger partial charge on any atom is -0.345 e. The van der Waals surface area contributed by atoms with E-state index in [1.807, 2.05) is 19.2 Å². The van der Waals surface area contributed by atoms with Crippen molar-refractivity contribution in [3.8, 4) is 6.07 Å². The highest BCUT2D eigenvalue weighted by Crippen LogP contribution is 2.28. The van der Waals surface area contributed by atoms with Gasteiger partial charge in [-0.1, -0.05) is 6.07 Å². The third-order valence-corrected chi connectivity index (χ3v) is 3.86. The monoisotopic (exact) mass is 292 g/mol.